The quantitative estimate of drug-likeness (QED) is 0.510. The summed E-state index contributed by atoms with van der Waals surface area (Å²) >= 11 is 0. The van der Waals surface area contributed by atoms with Crippen molar-refractivity contribution in [1.29, 1.82) is 5.26 Å². The molecule has 2 nitrogen and oxygen atoms in total. The standard InChI is InChI=1S/C9H8N2/c1-2-8-3-5-9(6-4-8)11-7-10/h2-6,11H,1H2. The molecule has 54 valence electrons. The van der Waals surface area contributed by atoms with Crippen molar-refractivity contribution in [2.75, 3.05) is 5.32 Å². The number of hydrogen-bond acceptors (Lipinski definition) is 2. The van der Waals surface area contributed by atoms with E-state index in [1.807, 2.05) is 30.5 Å². The van der Waals surface area contributed by atoms with Crippen LogP contribution in [0.5, 0.6) is 0 Å². The van der Waals surface area contributed by atoms with Gasteiger partial charge in [0.2, 0.25) is 0 Å². The summed E-state index contributed by atoms with van der Waals surface area (Å²) in [5.74, 6) is 0. The Balaban J connectivity index is 2.84. The van der Waals surface area contributed by atoms with Crippen LogP contribution in [-0.2, 0) is 0 Å². The number of rotatable bonds is 2. The van der Waals surface area contributed by atoms with Gasteiger partial charge in [-0.05, 0) is 17.7 Å². The summed E-state index contributed by atoms with van der Waals surface area (Å²) in [6.07, 6.45) is 3.61. The topological polar surface area (TPSA) is 35.8 Å². The summed E-state index contributed by atoms with van der Waals surface area (Å²) in [5, 5.41) is 10.8. The van der Waals surface area contributed by atoms with Crippen LogP contribution in [0.4, 0.5) is 5.69 Å². The molecule has 1 rings (SSSR count). The molecule has 11 heavy (non-hydrogen) atoms. The van der Waals surface area contributed by atoms with E-state index in [4.69, 9.17) is 5.26 Å². The van der Waals surface area contributed by atoms with Gasteiger partial charge in [0.1, 0.15) is 0 Å². The van der Waals surface area contributed by atoms with Crippen molar-refractivity contribution in [3.05, 3.63) is 36.4 Å². The second kappa shape index (κ2) is 3.43. The summed E-state index contributed by atoms with van der Waals surface area (Å²) in [7, 11) is 0. The minimum Gasteiger partial charge on any atom is -0.293 e. The Morgan fingerprint density at radius 3 is 2.45 bits per heavy atom. The second-order valence-corrected chi connectivity index (χ2v) is 2.06. The van der Waals surface area contributed by atoms with Crippen LogP contribution in [0.15, 0.2) is 30.8 Å². The number of anilines is 1. The third-order valence-corrected chi connectivity index (χ3v) is 1.35. The third kappa shape index (κ3) is 1.84. The molecule has 0 aliphatic heterocycles. The molecular weight excluding hydrogens is 136 g/mol. The number of nitrogens with one attached hydrogen (secondary N) is 1. The highest BCUT2D eigenvalue weighted by Crippen LogP contribution is 2.08. The van der Waals surface area contributed by atoms with Gasteiger partial charge in [-0.1, -0.05) is 24.8 Å². The average Bonchev–Trinajstić information content (AvgIpc) is 2.07. The Kier molecular flexibility index (Phi) is 2.29. The SMILES string of the molecule is C=Cc1ccc(NC#N)cc1. The Morgan fingerprint density at radius 2 is 2.00 bits per heavy atom. The maximum atomic E-state index is 8.26. The molecule has 0 fully saturated rings. The van der Waals surface area contributed by atoms with E-state index in [9.17, 15) is 0 Å². The van der Waals surface area contributed by atoms with E-state index in [1.54, 1.807) is 6.08 Å². The molecule has 0 bridgehead atoms. The molecule has 1 aromatic rings. The van der Waals surface area contributed by atoms with Crippen LogP contribution >= 0.6 is 0 Å². The minimum atomic E-state index is 0.804. The lowest BCUT2D eigenvalue weighted by Crippen LogP contribution is -1.85. The van der Waals surface area contributed by atoms with Crippen molar-refractivity contribution in [1.82, 2.24) is 0 Å². The van der Waals surface area contributed by atoms with Gasteiger partial charge < -0.3 is 0 Å². The molecule has 0 heterocycles. The number of nitrogens with zero attached hydrogens (tertiary/aromatic N) is 1. The van der Waals surface area contributed by atoms with E-state index >= 15 is 0 Å². The lowest BCUT2D eigenvalue weighted by atomic mass is 10.2. The summed E-state index contributed by atoms with van der Waals surface area (Å²) < 4.78 is 0. The average molecular weight is 144 g/mol. The minimum absolute atomic E-state index is 0.804. The summed E-state index contributed by atoms with van der Waals surface area (Å²) in [6.45, 7) is 3.62. The van der Waals surface area contributed by atoms with Gasteiger partial charge in [0.05, 0.1) is 0 Å². The van der Waals surface area contributed by atoms with Gasteiger partial charge in [0.25, 0.3) is 0 Å². The van der Waals surface area contributed by atoms with Crippen LogP contribution in [-0.4, -0.2) is 0 Å². The molecule has 0 radical (unpaired) electrons. The van der Waals surface area contributed by atoms with Gasteiger partial charge in [0, 0.05) is 5.69 Å². The molecule has 2 heteroatoms. The number of benzene rings is 1. The lowest BCUT2D eigenvalue weighted by molar-refractivity contribution is 1.47. The first kappa shape index (κ1) is 7.36. The Hall–Kier alpha value is -1.75. The van der Waals surface area contributed by atoms with E-state index < -0.39 is 0 Å². The van der Waals surface area contributed by atoms with Gasteiger partial charge in [-0.15, -0.1) is 0 Å². The zero-order chi connectivity index (χ0) is 8.10. The maximum Gasteiger partial charge on any atom is 0.181 e. The lowest BCUT2D eigenvalue weighted by Gasteiger charge is -1.96. The molecule has 0 spiro atoms. The van der Waals surface area contributed by atoms with Crippen LogP contribution in [0.1, 0.15) is 5.56 Å². The van der Waals surface area contributed by atoms with Crippen LogP contribution in [0.2, 0.25) is 0 Å². The van der Waals surface area contributed by atoms with Crippen LogP contribution < -0.4 is 5.32 Å². The number of hydrogen-bond donors (Lipinski definition) is 1. The third-order valence-electron chi connectivity index (χ3n) is 1.35. The fourth-order valence-electron chi connectivity index (χ4n) is 0.767. The van der Waals surface area contributed by atoms with Crippen molar-refractivity contribution < 1.29 is 0 Å². The first-order valence-electron chi connectivity index (χ1n) is 3.24. The van der Waals surface area contributed by atoms with Gasteiger partial charge in [-0.25, -0.2) is 0 Å². The zero-order valence-electron chi connectivity index (χ0n) is 6.04. The molecule has 0 aromatic heterocycles. The largest absolute Gasteiger partial charge is 0.293 e. The zero-order valence-corrected chi connectivity index (χ0v) is 6.04. The first-order chi connectivity index (χ1) is 5.36. The smallest absolute Gasteiger partial charge is 0.181 e. The first-order valence-corrected chi connectivity index (χ1v) is 3.24. The van der Waals surface area contributed by atoms with Crippen LogP contribution in [0.3, 0.4) is 0 Å². The monoisotopic (exact) mass is 144 g/mol. The van der Waals surface area contributed by atoms with E-state index in [0.29, 0.717) is 0 Å². The van der Waals surface area contributed by atoms with Crippen molar-refractivity contribution in [3.63, 3.8) is 0 Å². The summed E-state index contributed by atoms with van der Waals surface area (Å²) in [6, 6.07) is 7.46. The van der Waals surface area contributed by atoms with E-state index in [1.165, 1.54) is 0 Å². The fourth-order valence-corrected chi connectivity index (χ4v) is 0.767. The van der Waals surface area contributed by atoms with Crippen molar-refractivity contribution in [2.24, 2.45) is 0 Å². The van der Waals surface area contributed by atoms with E-state index in [0.717, 1.165) is 11.3 Å². The molecule has 0 amide bonds. The normalized spacial score (nSPS) is 8.27. The summed E-state index contributed by atoms with van der Waals surface area (Å²) in [5.41, 5.74) is 1.85. The van der Waals surface area contributed by atoms with Crippen LogP contribution in [0.25, 0.3) is 6.08 Å². The molecule has 1 aromatic carbocycles. The fraction of sp³-hybridized carbons (Fsp3) is 0. The Morgan fingerprint density at radius 1 is 1.36 bits per heavy atom. The highest BCUT2D eigenvalue weighted by Gasteiger charge is 1.87. The molecule has 0 unspecified atom stereocenters. The van der Waals surface area contributed by atoms with Gasteiger partial charge in [-0.3, -0.25) is 5.32 Å². The highest BCUT2D eigenvalue weighted by molar-refractivity contribution is 5.54. The van der Waals surface area contributed by atoms with Crippen molar-refractivity contribution >= 4 is 11.8 Å². The molecule has 0 atom stereocenters. The maximum absolute atomic E-state index is 8.26. The van der Waals surface area contributed by atoms with Crippen LogP contribution in [0, 0.1) is 11.5 Å². The predicted molar refractivity (Wildman–Crippen MR) is 45.8 cm³/mol. The van der Waals surface area contributed by atoms with E-state index in [-0.39, 0.29) is 0 Å². The predicted octanol–water partition coefficient (Wildman–Crippen LogP) is 2.22. The number of nitriles is 1. The molecule has 1 N–H and O–H groups in total. The Labute approximate surface area is 65.8 Å². The second-order valence-electron chi connectivity index (χ2n) is 2.06. The van der Waals surface area contributed by atoms with Gasteiger partial charge >= 0.3 is 0 Å². The molecule has 0 aliphatic rings. The molecule has 0 saturated heterocycles. The Bertz CT molecular complexity index is 279. The summed E-state index contributed by atoms with van der Waals surface area (Å²) in [4.78, 5) is 0. The van der Waals surface area contributed by atoms with Gasteiger partial charge in [0.15, 0.2) is 6.19 Å². The highest BCUT2D eigenvalue weighted by atomic mass is 14.9. The van der Waals surface area contributed by atoms with Gasteiger partial charge in [-0.2, -0.15) is 5.26 Å². The molecule has 0 saturated carbocycles. The molecule has 0 aliphatic carbocycles. The van der Waals surface area contributed by atoms with E-state index in [2.05, 4.69) is 11.9 Å². The van der Waals surface area contributed by atoms with Crippen molar-refractivity contribution in [3.8, 4) is 6.19 Å². The molecular formula is C9H8N2. The van der Waals surface area contributed by atoms with Crippen molar-refractivity contribution in [2.45, 2.75) is 0 Å².